The van der Waals surface area contributed by atoms with Gasteiger partial charge >= 0.3 is 6.18 Å². The smallest absolute Gasteiger partial charge is 0.420 e. The number of hydrogen-bond acceptors (Lipinski definition) is 8. The Bertz CT molecular complexity index is 1300. The lowest BCUT2D eigenvalue weighted by atomic mass is 10.1. The van der Waals surface area contributed by atoms with Gasteiger partial charge in [-0.3, -0.25) is 9.79 Å². The molecule has 2 heterocycles. The molecule has 2 aliphatic heterocycles. The van der Waals surface area contributed by atoms with Gasteiger partial charge in [-0.2, -0.15) is 18.4 Å². The van der Waals surface area contributed by atoms with Crippen LogP contribution in [0.4, 0.5) is 13.2 Å². The van der Waals surface area contributed by atoms with Crippen LogP contribution in [0.25, 0.3) is 6.08 Å². The summed E-state index contributed by atoms with van der Waals surface area (Å²) in [5, 5.41) is 21.3. The number of ether oxygens (including phenoxy) is 2. The number of piperidine rings is 1. The van der Waals surface area contributed by atoms with Gasteiger partial charge in [-0.05, 0) is 66.6 Å². The van der Waals surface area contributed by atoms with Crippen LogP contribution in [-0.2, 0) is 11.0 Å². The zero-order valence-electron chi connectivity index (χ0n) is 20.4. The number of methoxy groups -OCH3 is 1. The maximum absolute atomic E-state index is 13.5. The second kappa shape index (κ2) is 11.9. The lowest BCUT2D eigenvalue weighted by Crippen LogP contribution is -2.37. The number of carbonyl (C=O) groups is 1. The molecule has 38 heavy (non-hydrogen) atoms. The number of thioether (sulfide) groups is 1. The molecule has 4 rings (SSSR count). The summed E-state index contributed by atoms with van der Waals surface area (Å²) >= 11 is 1.22. The van der Waals surface area contributed by atoms with Gasteiger partial charge in [0.2, 0.25) is 0 Å². The van der Waals surface area contributed by atoms with E-state index < -0.39 is 17.5 Å². The first kappa shape index (κ1) is 27.5. The molecule has 0 bridgehead atoms. The number of carbonyl (C=O) groups excluding carboxylic acids is 1. The third-order valence-corrected chi connectivity index (χ3v) is 6.97. The Morgan fingerprint density at radius 2 is 1.95 bits per heavy atom. The SMILES string of the molecule is COc1cc(/C=C2\SC(=NC3CCN(CCO)CC3)NC2=O)ccc1Oc1ccc(C#N)cc1C(F)(F)F. The van der Waals surface area contributed by atoms with Gasteiger partial charge in [0.05, 0.1) is 41.9 Å². The molecule has 12 heteroatoms. The average Bonchev–Trinajstić information content (AvgIpc) is 3.23. The minimum atomic E-state index is -4.72. The highest BCUT2D eigenvalue weighted by Crippen LogP contribution is 2.41. The van der Waals surface area contributed by atoms with Crippen LogP contribution in [0.1, 0.15) is 29.5 Å². The van der Waals surface area contributed by atoms with Crippen LogP contribution in [0.3, 0.4) is 0 Å². The molecule has 2 fully saturated rings. The number of halogens is 3. The maximum Gasteiger partial charge on any atom is 0.420 e. The van der Waals surface area contributed by atoms with E-state index in [4.69, 9.17) is 19.8 Å². The van der Waals surface area contributed by atoms with Crippen molar-refractivity contribution in [2.24, 2.45) is 4.99 Å². The van der Waals surface area contributed by atoms with E-state index in [0.29, 0.717) is 22.2 Å². The van der Waals surface area contributed by atoms with E-state index in [1.54, 1.807) is 24.3 Å². The number of rotatable bonds is 7. The molecule has 2 N–H and O–H groups in total. The lowest BCUT2D eigenvalue weighted by molar-refractivity contribution is -0.138. The van der Waals surface area contributed by atoms with Gasteiger partial charge < -0.3 is 24.8 Å². The number of nitriles is 1. The van der Waals surface area contributed by atoms with Gasteiger partial charge in [0.1, 0.15) is 5.75 Å². The molecule has 0 radical (unpaired) electrons. The summed E-state index contributed by atoms with van der Waals surface area (Å²) < 4.78 is 51.4. The van der Waals surface area contributed by atoms with Crippen LogP contribution in [0.15, 0.2) is 46.3 Å². The number of aliphatic hydroxyl groups excluding tert-OH is 1. The fourth-order valence-electron chi connectivity index (χ4n) is 4.11. The Labute approximate surface area is 221 Å². The maximum atomic E-state index is 13.5. The third-order valence-electron chi connectivity index (χ3n) is 6.04. The van der Waals surface area contributed by atoms with Gasteiger partial charge in [-0.25, -0.2) is 0 Å². The average molecular weight is 547 g/mol. The minimum absolute atomic E-state index is 0.0446. The first-order chi connectivity index (χ1) is 18.2. The molecule has 2 aromatic carbocycles. The number of alkyl halides is 3. The Balaban J connectivity index is 1.49. The zero-order chi connectivity index (χ0) is 27.3. The monoisotopic (exact) mass is 546 g/mol. The van der Waals surface area contributed by atoms with Crippen molar-refractivity contribution < 1.29 is 32.5 Å². The number of amidine groups is 1. The molecule has 1 amide bonds. The van der Waals surface area contributed by atoms with Crippen molar-refractivity contribution in [2.45, 2.75) is 25.1 Å². The predicted molar refractivity (Wildman–Crippen MR) is 137 cm³/mol. The Kier molecular flexibility index (Phi) is 8.61. The van der Waals surface area contributed by atoms with E-state index >= 15 is 0 Å². The number of amides is 1. The summed E-state index contributed by atoms with van der Waals surface area (Å²) in [4.78, 5) is 19.8. The predicted octanol–water partition coefficient (Wildman–Crippen LogP) is 4.39. The quantitative estimate of drug-likeness (QED) is 0.496. The fourth-order valence-corrected chi connectivity index (χ4v) is 5.00. The number of nitrogens with zero attached hydrogens (tertiary/aromatic N) is 3. The lowest BCUT2D eigenvalue weighted by Gasteiger charge is -2.29. The summed E-state index contributed by atoms with van der Waals surface area (Å²) in [5.41, 5.74) is -0.628. The van der Waals surface area contributed by atoms with Crippen LogP contribution in [0, 0.1) is 11.3 Å². The van der Waals surface area contributed by atoms with Crippen molar-refractivity contribution in [3.8, 4) is 23.3 Å². The van der Waals surface area contributed by atoms with Crippen molar-refractivity contribution >= 4 is 28.9 Å². The standard InChI is InChI=1S/C26H25F3N4O4S/c1-36-22-13-16(2-5-21(22)37-20-4-3-17(15-30)12-19(20)26(27,28)29)14-23-24(35)32-25(38-23)31-18-6-8-33(9-7-18)10-11-34/h2-5,12-14,18,34H,6-11H2,1H3,(H,31,32,35)/b23-14-. The fraction of sp³-hybridized carbons (Fsp3) is 0.346. The molecule has 8 nitrogen and oxygen atoms in total. The van der Waals surface area contributed by atoms with Crippen LogP contribution >= 0.6 is 11.8 Å². The number of benzene rings is 2. The topological polar surface area (TPSA) is 107 Å². The highest BCUT2D eigenvalue weighted by atomic mass is 32.2. The van der Waals surface area contributed by atoms with Crippen LogP contribution in [0.2, 0.25) is 0 Å². The summed E-state index contributed by atoms with van der Waals surface area (Å²) in [6.07, 6.45) is -1.40. The molecule has 0 aliphatic carbocycles. The number of β-amino-alcohol motifs (C(OH)–C–C–N with tert-alkyl or cyclic N) is 1. The van der Waals surface area contributed by atoms with Gasteiger partial charge in [-0.1, -0.05) is 6.07 Å². The summed E-state index contributed by atoms with van der Waals surface area (Å²) in [5.74, 6) is -0.542. The van der Waals surface area contributed by atoms with Crippen LogP contribution < -0.4 is 14.8 Å². The molecule has 2 aliphatic rings. The molecule has 2 saturated heterocycles. The van der Waals surface area contributed by atoms with E-state index in [0.717, 1.165) is 38.1 Å². The van der Waals surface area contributed by atoms with E-state index in [-0.39, 0.29) is 35.6 Å². The summed E-state index contributed by atoms with van der Waals surface area (Å²) in [6.45, 7) is 2.45. The highest BCUT2D eigenvalue weighted by Gasteiger charge is 2.35. The molecular weight excluding hydrogens is 521 g/mol. The minimum Gasteiger partial charge on any atom is -0.493 e. The normalized spacial score (nSPS) is 19.0. The van der Waals surface area contributed by atoms with Gasteiger partial charge in [0.25, 0.3) is 5.91 Å². The largest absolute Gasteiger partial charge is 0.493 e. The van der Waals surface area contributed by atoms with Crippen LogP contribution in [-0.4, -0.2) is 60.5 Å². The Morgan fingerprint density at radius 3 is 2.61 bits per heavy atom. The Hall–Kier alpha value is -3.53. The van der Waals surface area contributed by atoms with Crippen molar-refractivity contribution in [3.63, 3.8) is 0 Å². The first-order valence-corrected chi connectivity index (χ1v) is 12.6. The van der Waals surface area contributed by atoms with E-state index in [9.17, 15) is 18.0 Å². The Morgan fingerprint density at radius 1 is 1.21 bits per heavy atom. The van der Waals surface area contributed by atoms with Crippen molar-refractivity contribution in [2.75, 3.05) is 33.4 Å². The molecule has 0 unspecified atom stereocenters. The first-order valence-electron chi connectivity index (χ1n) is 11.8. The van der Waals surface area contributed by atoms with Crippen molar-refractivity contribution in [1.82, 2.24) is 10.2 Å². The van der Waals surface area contributed by atoms with Gasteiger partial charge in [0, 0.05) is 19.6 Å². The number of aliphatic hydroxyl groups is 1. The molecule has 0 saturated carbocycles. The zero-order valence-corrected chi connectivity index (χ0v) is 21.2. The van der Waals surface area contributed by atoms with Gasteiger partial charge in [0.15, 0.2) is 16.7 Å². The third kappa shape index (κ3) is 6.66. The summed E-state index contributed by atoms with van der Waals surface area (Å²) in [6, 6.07) is 9.45. The second-order valence-electron chi connectivity index (χ2n) is 8.63. The molecule has 200 valence electrons. The van der Waals surface area contributed by atoms with Crippen LogP contribution in [0.5, 0.6) is 17.2 Å². The number of nitrogens with one attached hydrogen (secondary N) is 1. The molecule has 0 spiro atoms. The van der Waals surface area contributed by atoms with Gasteiger partial charge in [-0.15, -0.1) is 0 Å². The number of aliphatic imine (C=N–C) groups is 1. The van der Waals surface area contributed by atoms with E-state index in [1.165, 1.54) is 31.0 Å². The van der Waals surface area contributed by atoms with Crippen molar-refractivity contribution in [3.05, 3.63) is 58.0 Å². The number of likely N-dealkylation sites (tertiary alicyclic amines) is 1. The van der Waals surface area contributed by atoms with E-state index in [1.807, 2.05) is 0 Å². The summed E-state index contributed by atoms with van der Waals surface area (Å²) in [7, 11) is 1.36. The van der Waals surface area contributed by atoms with Crippen molar-refractivity contribution in [1.29, 1.82) is 5.26 Å². The molecular formula is C26H25F3N4O4S. The highest BCUT2D eigenvalue weighted by molar-refractivity contribution is 8.18. The molecule has 0 aromatic heterocycles. The van der Waals surface area contributed by atoms with E-state index in [2.05, 4.69) is 15.2 Å². The molecule has 2 aromatic rings. The molecule has 0 atom stereocenters. The number of hydrogen-bond donors (Lipinski definition) is 2. The second-order valence-corrected chi connectivity index (χ2v) is 9.66.